The topological polar surface area (TPSA) is 71.1 Å². The molecule has 4 rings (SSSR count). The summed E-state index contributed by atoms with van der Waals surface area (Å²) in [5.74, 6) is 1.60. The third kappa shape index (κ3) is 6.71. The lowest BCUT2D eigenvalue weighted by Gasteiger charge is -2.15. The van der Waals surface area contributed by atoms with E-state index in [0.717, 1.165) is 16.5 Å². The van der Waals surface area contributed by atoms with Crippen LogP contribution in [0.2, 0.25) is 0 Å². The summed E-state index contributed by atoms with van der Waals surface area (Å²) < 4.78 is 49.2. The van der Waals surface area contributed by atoms with Gasteiger partial charge in [0, 0.05) is 17.0 Å². The van der Waals surface area contributed by atoms with Crippen molar-refractivity contribution < 1.29 is 27.4 Å². The number of methoxy groups -OCH3 is 2. The van der Waals surface area contributed by atoms with Crippen LogP contribution in [-0.4, -0.2) is 22.6 Å². The molecule has 0 heterocycles. The molecule has 0 unspecified atom stereocenters. The van der Waals surface area contributed by atoms with Gasteiger partial charge in [-0.05, 0) is 35.4 Å². The first kappa shape index (κ1) is 25.9. The van der Waals surface area contributed by atoms with Crippen LogP contribution in [0.1, 0.15) is 16.7 Å². The zero-order valence-corrected chi connectivity index (χ0v) is 21.5. The van der Waals surface area contributed by atoms with Gasteiger partial charge in [0.1, 0.15) is 29.6 Å². The molecular formula is C30H28O6S. The number of rotatable bonds is 11. The first-order valence-corrected chi connectivity index (χ1v) is 13.2. The fourth-order valence-electron chi connectivity index (χ4n) is 3.64. The van der Waals surface area contributed by atoms with Crippen LogP contribution < -0.4 is 18.9 Å². The maximum Gasteiger partial charge on any atom is 0.203 e. The highest BCUT2D eigenvalue weighted by molar-refractivity contribution is 7.94. The number of hydrogen-bond acceptors (Lipinski definition) is 6. The van der Waals surface area contributed by atoms with Crippen molar-refractivity contribution in [3.63, 3.8) is 0 Å². The van der Waals surface area contributed by atoms with Crippen molar-refractivity contribution in [2.24, 2.45) is 0 Å². The molecule has 0 amide bonds. The Morgan fingerprint density at radius 2 is 1.32 bits per heavy atom. The second-order valence-electron chi connectivity index (χ2n) is 8.09. The molecule has 0 saturated carbocycles. The van der Waals surface area contributed by atoms with Crippen LogP contribution in [0, 0.1) is 0 Å². The van der Waals surface area contributed by atoms with Gasteiger partial charge >= 0.3 is 0 Å². The summed E-state index contributed by atoms with van der Waals surface area (Å²) in [6, 6.07) is 29.5. The smallest absolute Gasteiger partial charge is 0.203 e. The lowest BCUT2D eigenvalue weighted by Crippen LogP contribution is -2.03. The largest absolute Gasteiger partial charge is 0.497 e. The van der Waals surface area contributed by atoms with E-state index in [1.807, 2.05) is 60.7 Å². The maximum atomic E-state index is 13.2. The molecular weight excluding hydrogens is 488 g/mol. The standard InChI is InChI=1S/C30H28O6S/c1-33-26-16-17-27(34-2)29(20-26)37(31,32)19-18-25-14-9-15-28(35-21-23-10-5-3-6-11-23)30(25)36-22-24-12-7-4-8-13-24/h3-20H,21-22H2,1-2H3/b19-18+. The Morgan fingerprint density at radius 1 is 0.676 bits per heavy atom. The molecule has 0 N–H and O–H groups in total. The zero-order chi connectivity index (χ0) is 26.1. The SMILES string of the molecule is COc1ccc(OC)c(S(=O)(=O)/C=C/c2cccc(OCc3ccccc3)c2OCc2ccccc2)c1. The fraction of sp³-hybridized carbons (Fsp3) is 0.133. The summed E-state index contributed by atoms with van der Waals surface area (Å²) in [5.41, 5.74) is 2.54. The Labute approximate surface area is 217 Å². The molecule has 0 saturated heterocycles. The van der Waals surface area contributed by atoms with Crippen molar-refractivity contribution in [1.29, 1.82) is 0 Å². The van der Waals surface area contributed by atoms with E-state index in [9.17, 15) is 8.42 Å². The number of ether oxygens (including phenoxy) is 4. The average Bonchev–Trinajstić information content (AvgIpc) is 2.95. The van der Waals surface area contributed by atoms with E-state index in [4.69, 9.17) is 18.9 Å². The Balaban J connectivity index is 1.67. The number of para-hydroxylation sites is 1. The zero-order valence-electron chi connectivity index (χ0n) is 20.7. The van der Waals surface area contributed by atoms with Gasteiger partial charge in [-0.3, -0.25) is 0 Å². The minimum absolute atomic E-state index is 0.00818. The van der Waals surface area contributed by atoms with Crippen LogP contribution in [0.4, 0.5) is 0 Å². The highest BCUT2D eigenvalue weighted by Crippen LogP contribution is 2.35. The Kier molecular flexibility index (Phi) is 8.48. The van der Waals surface area contributed by atoms with Crippen molar-refractivity contribution in [3.05, 3.63) is 119 Å². The van der Waals surface area contributed by atoms with Gasteiger partial charge in [0.15, 0.2) is 11.5 Å². The number of sulfone groups is 1. The van der Waals surface area contributed by atoms with Crippen molar-refractivity contribution in [1.82, 2.24) is 0 Å². The van der Waals surface area contributed by atoms with E-state index in [-0.39, 0.29) is 10.6 Å². The highest BCUT2D eigenvalue weighted by atomic mass is 32.2. The van der Waals surface area contributed by atoms with Crippen LogP contribution in [0.25, 0.3) is 6.08 Å². The average molecular weight is 517 g/mol. The molecule has 0 bridgehead atoms. The molecule has 0 fully saturated rings. The van der Waals surface area contributed by atoms with E-state index in [2.05, 4.69) is 0 Å². The minimum atomic E-state index is -3.87. The fourth-order valence-corrected chi connectivity index (χ4v) is 4.82. The lowest BCUT2D eigenvalue weighted by molar-refractivity contribution is 0.255. The van der Waals surface area contributed by atoms with Crippen molar-refractivity contribution in [2.75, 3.05) is 14.2 Å². The van der Waals surface area contributed by atoms with Gasteiger partial charge in [-0.15, -0.1) is 0 Å². The molecule has 37 heavy (non-hydrogen) atoms. The van der Waals surface area contributed by atoms with Gasteiger partial charge in [-0.1, -0.05) is 72.8 Å². The summed E-state index contributed by atoms with van der Waals surface area (Å²) in [6.45, 7) is 0.638. The third-order valence-electron chi connectivity index (χ3n) is 5.58. The van der Waals surface area contributed by atoms with E-state index in [1.165, 1.54) is 26.4 Å². The van der Waals surface area contributed by atoms with E-state index in [1.54, 1.807) is 30.3 Å². The lowest BCUT2D eigenvalue weighted by atomic mass is 10.1. The number of benzene rings is 4. The molecule has 0 spiro atoms. The quantitative estimate of drug-likeness (QED) is 0.233. The number of hydrogen-bond donors (Lipinski definition) is 0. The minimum Gasteiger partial charge on any atom is -0.497 e. The molecule has 0 radical (unpaired) electrons. The first-order valence-electron chi connectivity index (χ1n) is 11.6. The second-order valence-corrected chi connectivity index (χ2v) is 9.89. The van der Waals surface area contributed by atoms with Crippen LogP contribution in [0.3, 0.4) is 0 Å². The van der Waals surface area contributed by atoms with Crippen molar-refractivity contribution >= 4 is 15.9 Å². The molecule has 0 aliphatic rings. The molecule has 7 heteroatoms. The van der Waals surface area contributed by atoms with Crippen molar-refractivity contribution in [3.8, 4) is 23.0 Å². The Morgan fingerprint density at radius 3 is 1.95 bits per heavy atom. The summed E-state index contributed by atoms with van der Waals surface area (Å²) >= 11 is 0. The summed E-state index contributed by atoms with van der Waals surface area (Å²) in [6.07, 6.45) is 1.50. The normalized spacial score (nSPS) is 11.3. The summed E-state index contributed by atoms with van der Waals surface area (Å²) in [5, 5.41) is 1.13. The Bertz CT molecular complexity index is 1450. The molecule has 4 aromatic rings. The van der Waals surface area contributed by atoms with Crippen molar-refractivity contribution in [2.45, 2.75) is 18.1 Å². The molecule has 6 nitrogen and oxygen atoms in total. The van der Waals surface area contributed by atoms with Crippen LogP contribution in [-0.2, 0) is 23.1 Å². The van der Waals surface area contributed by atoms with Gasteiger partial charge in [-0.25, -0.2) is 8.42 Å². The molecule has 0 aromatic heterocycles. The molecule has 0 atom stereocenters. The maximum absolute atomic E-state index is 13.2. The van der Waals surface area contributed by atoms with Crippen LogP contribution in [0.15, 0.2) is 107 Å². The van der Waals surface area contributed by atoms with E-state index >= 15 is 0 Å². The van der Waals surface area contributed by atoms with Gasteiger partial charge in [0.2, 0.25) is 9.84 Å². The van der Waals surface area contributed by atoms with Crippen LogP contribution >= 0.6 is 0 Å². The van der Waals surface area contributed by atoms with Gasteiger partial charge < -0.3 is 18.9 Å². The van der Waals surface area contributed by atoms with E-state index < -0.39 is 9.84 Å². The van der Waals surface area contributed by atoms with Gasteiger partial charge in [0.25, 0.3) is 0 Å². The predicted octanol–water partition coefficient (Wildman–Crippen LogP) is 6.31. The Hall–Kier alpha value is -4.23. The molecule has 190 valence electrons. The molecule has 4 aromatic carbocycles. The van der Waals surface area contributed by atoms with E-state index in [0.29, 0.717) is 36.0 Å². The second kappa shape index (κ2) is 12.1. The van der Waals surface area contributed by atoms with Crippen LogP contribution in [0.5, 0.6) is 23.0 Å². The first-order chi connectivity index (χ1) is 18.0. The monoisotopic (exact) mass is 516 g/mol. The van der Waals surface area contributed by atoms with Gasteiger partial charge in [-0.2, -0.15) is 0 Å². The third-order valence-corrected chi connectivity index (χ3v) is 7.00. The molecule has 0 aliphatic carbocycles. The summed E-state index contributed by atoms with van der Waals surface area (Å²) in [7, 11) is -0.966. The highest BCUT2D eigenvalue weighted by Gasteiger charge is 2.19. The summed E-state index contributed by atoms with van der Waals surface area (Å²) in [4.78, 5) is 0.00818. The molecule has 0 aliphatic heterocycles. The van der Waals surface area contributed by atoms with Gasteiger partial charge in [0.05, 0.1) is 14.2 Å². The predicted molar refractivity (Wildman–Crippen MR) is 144 cm³/mol.